The van der Waals surface area contributed by atoms with Crippen molar-refractivity contribution in [1.82, 2.24) is 0 Å². The van der Waals surface area contributed by atoms with Crippen LogP contribution in [0.15, 0.2) is 0 Å². The minimum atomic E-state index is -1.27. The Morgan fingerprint density at radius 1 is 1.73 bits per heavy atom. The SMILES string of the molecule is [2H]C([2H])(C)CC[C@H](N)C(=O)OCC. The Labute approximate surface area is 70.7 Å². The summed E-state index contributed by atoms with van der Waals surface area (Å²) in [6, 6.07) is -0.699. The molecule has 0 aromatic rings. The molecule has 0 aromatic heterocycles. The standard InChI is InChI=1S/C8H17NO2/c1-3-5-6-7(9)8(10)11-4-2/h7H,3-6,9H2,1-2H3/t7-/m0/s1/i3D2. The third-order valence-electron chi connectivity index (χ3n) is 1.29. The van der Waals surface area contributed by atoms with Crippen molar-refractivity contribution < 1.29 is 12.3 Å². The second-order valence-electron chi connectivity index (χ2n) is 2.25. The number of nitrogens with two attached hydrogens (primary N) is 1. The summed E-state index contributed by atoms with van der Waals surface area (Å²) >= 11 is 0. The molecule has 66 valence electrons. The Kier molecular flexibility index (Phi) is 3.98. The van der Waals surface area contributed by atoms with Crippen LogP contribution in [0.5, 0.6) is 0 Å². The molecular weight excluding hydrogens is 142 g/mol. The number of esters is 1. The molecule has 3 nitrogen and oxygen atoms in total. The number of hydrogen-bond donors (Lipinski definition) is 1. The van der Waals surface area contributed by atoms with Crippen molar-refractivity contribution in [3.8, 4) is 0 Å². The summed E-state index contributed by atoms with van der Waals surface area (Å²) < 4.78 is 19.1. The zero-order valence-electron chi connectivity index (χ0n) is 9.09. The molecule has 0 radical (unpaired) electrons. The van der Waals surface area contributed by atoms with Gasteiger partial charge in [0, 0.05) is 2.74 Å². The minimum Gasteiger partial charge on any atom is -0.465 e. The maximum absolute atomic E-state index is 11.0. The van der Waals surface area contributed by atoms with Gasteiger partial charge in [0.15, 0.2) is 0 Å². The van der Waals surface area contributed by atoms with Gasteiger partial charge in [-0.25, -0.2) is 0 Å². The summed E-state index contributed by atoms with van der Waals surface area (Å²) in [5, 5.41) is 0. The van der Waals surface area contributed by atoms with Gasteiger partial charge in [-0.3, -0.25) is 4.79 Å². The molecule has 1 atom stereocenters. The molecule has 0 heterocycles. The Morgan fingerprint density at radius 3 is 2.82 bits per heavy atom. The van der Waals surface area contributed by atoms with Crippen molar-refractivity contribution in [2.24, 2.45) is 5.73 Å². The highest BCUT2D eigenvalue weighted by molar-refractivity contribution is 5.75. The number of rotatable bonds is 5. The average Bonchev–Trinajstić information content (AvgIpc) is 1.99. The maximum Gasteiger partial charge on any atom is 0.322 e. The molecule has 0 aromatic carbocycles. The average molecular weight is 161 g/mol. The molecular formula is C8H17NO2. The molecule has 2 N–H and O–H groups in total. The van der Waals surface area contributed by atoms with E-state index in [1.54, 1.807) is 6.92 Å². The first-order valence-corrected chi connectivity index (χ1v) is 3.79. The molecule has 0 bridgehead atoms. The first kappa shape index (κ1) is 7.10. The Morgan fingerprint density at radius 2 is 2.36 bits per heavy atom. The molecule has 11 heavy (non-hydrogen) atoms. The lowest BCUT2D eigenvalue weighted by Crippen LogP contribution is -2.32. The summed E-state index contributed by atoms with van der Waals surface area (Å²) in [7, 11) is 0. The molecule has 0 rings (SSSR count). The highest BCUT2D eigenvalue weighted by Crippen LogP contribution is 1.99. The fraction of sp³-hybridized carbons (Fsp3) is 0.875. The molecule has 0 saturated heterocycles. The lowest BCUT2D eigenvalue weighted by molar-refractivity contribution is -0.144. The molecule has 3 heteroatoms. The van der Waals surface area contributed by atoms with Crippen LogP contribution in [0.4, 0.5) is 0 Å². The van der Waals surface area contributed by atoms with Gasteiger partial charge >= 0.3 is 5.97 Å². The van der Waals surface area contributed by atoms with Crippen molar-refractivity contribution in [3.63, 3.8) is 0 Å². The molecule has 0 aliphatic carbocycles. The first-order chi connectivity index (χ1) is 5.87. The highest BCUT2D eigenvalue weighted by atomic mass is 16.5. The van der Waals surface area contributed by atoms with Gasteiger partial charge in [-0.2, -0.15) is 0 Å². The molecule has 0 aliphatic heterocycles. The van der Waals surface area contributed by atoms with Crippen LogP contribution in [0.2, 0.25) is 0 Å². The van der Waals surface area contributed by atoms with Crippen molar-refractivity contribution >= 4 is 5.97 Å². The molecule has 0 aliphatic rings. The number of carbonyl (C=O) groups is 1. The van der Waals surface area contributed by atoms with Gasteiger partial charge in [0.05, 0.1) is 6.61 Å². The van der Waals surface area contributed by atoms with E-state index in [9.17, 15) is 4.79 Å². The van der Waals surface area contributed by atoms with E-state index in [1.165, 1.54) is 6.92 Å². The van der Waals surface area contributed by atoms with Gasteiger partial charge in [0.25, 0.3) is 0 Å². The van der Waals surface area contributed by atoms with Crippen molar-refractivity contribution in [3.05, 3.63) is 0 Å². The summed E-state index contributed by atoms with van der Waals surface area (Å²) in [6.45, 7) is 3.49. The smallest absolute Gasteiger partial charge is 0.322 e. The lowest BCUT2D eigenvalue weighted by Gasteiger charge is -2.08. The van der Waals surface area contributed by atoms with Crippen LogP contribution in [0.1, 0.15) is 35.8 Å². The number of ether oxygens (including phenoxy) is 1. The molecule has 0 saturated carbocycles. The van der Waals surface area contributed by atoms with E-state index in [4.69, 9.17) is 8.48 Å². The van der Waals surface area contributed by atoms with E-state index in [0.717, 1.165) is 0 Å². The highest BCUT2D eigenvalue weighted by Gasteiger charge is 2.12. The van der Waals surface area contributed by atoms with Crippen LogP contribution in [0.3, 0.4) is 0 Å². The minimum absolute atomic E-state index is 0.271. The molecule has 0 amide bonds. The first-order valence-electron chi connectivity index (χ1n) is 4.79. The second-order valence-corrected chi connectivity index (χ2v) is 2.25. The Balaban J connectivity index is 3.74. The van der Waals surface area contributed by atoms with Crippen LogP contribution in [0, 0.1) is 0 Å². The molecule has 0 fully saturated rings. The van der Waals surface area contributed by atoms with E-state index in [2.05, 4.69) is 4.74 Å². The summed E-state index contributed by atoms with van der Waals surface area (Å²) in [5.41, 5.74) is 5.47. The van der Waals surface area contributed by atoms with Crippen LogP contribution in [0.25, 0.3) is 0 Å². The van der Waals surface area contributed by atoms with Gasteiger partial charge in [-0.05, 0) is 13.3 Å². The van der Waals surface area contributed by atoms with E-state index in [0.29, 0.717) is 13.0 Å². The molecule has 0 unspecified atom stereocenters. The van der Waals surface area contributed by atoms with Crippen LogP contribution < -0.4 is 5.73 Å². The fourth-order valence-corrected chi connectivity index (χ4v) is 0.667. The second kappa shape index (κ2) is 6.16. The zero-order valence-corrected chi connectivity index (χ0v) is 7.09. The van der Waals surface area contributed by atoms with Crippen LogP contribution in [-0.2, 0) is 9.53 Å². The van der Waals surface area contributed by atoms with Gasteiger partial charge in [-0.1, -0.05) is 19.7 Å². The monoisotopic (exact) mass is 161 g/mol. The quantitative estimate of drug-likeness (QED) is 0.613. The van der Waals surface area contributed by atoms with E-state index in [1.807, 2.05) is 0 Å². The maximum atomic E-state index is 11.0. The van der Waals surface area contributed by atoms with Crippen molar-refractivity contribution in [1.29, 1.82) is 0 Å². The normalized spacial score (nSPS) is 16.6. The van der Waals surface area contributed by atoms with Crippen LogP contribution in [-0.4, -0.2) is 18.6 Å². The third kappa shape index (κ3) is 4.79. The lowest BCUT2D eigenvalue weighted by atomic mass is 10.1. The van der Waals surface area contributed by atoms with Gasteiger partial charge in [-0.15, -0.1) is 0 Å². The van der Waals surface area contributed by atoms with E-state index >= 15 is 0 Å². The predicted molar refractivity (Wildman–Crippen MR) is 44.1 cm³/mol. The molecule has 0 spiro atoms. The van der Waals surface area contributed by atoms with E-state index < -0.39 is 18.4 Å². The largest absolute Gasteiger partial charge is 0.465 e. The van der Waals surface area contributed by atoms with Crippen molar-refractivity contribution in [2.45, 2.75) is 39.1 Å². The number of carbonyl (C=O) groups excluding carboxylic acids is 1. The topological polar surface area (TPSA) is 52.3 Å². The summed E-state index contributed by atoms with van der Waals surface area (Å²) in [6.07, 6.45) is -0.681. The predicted octanol–water partition coefficient (Wildman–Crippen LogP) is 1.07. The van der Waals surface area contributed by atoms with Gasteiger partial charge in [0.1, 0.15) is 6.04 Å². The summed E-state index contributed by atoms with van der Waals surface area (Å²) in [5.74, 6) is -0.452. The van der Waals surface area contributed by atoms with Crippen LogP contribution >= 0.6 is 0 Å². The van der Waals surface area contributed by atoms with E-state index in [-0.39, 0.29) is 6.42 Å². The van der Waals surface area contributed by atoms with Crippen molar-refractivity contribution in [2.75, 3.05) is 6.61 Å². The van der Waals surface area contributed by atoms with Gasteiger partial charge < -0.3 is 10.5 Å². The number of hydrogen-bond acceptors (Lipinski definition) is 3. The fourth-order valence-electron chi connectivity index (χ4n) is 0.667. The Bertz CT molecular complexity index is 168. The third-order valence-corrected chi connectivity index (χ3v) is 1.29. The summed E-state index contributed by atoms with van der Waals surface area (Å²) in [4.78, 5) is 11.0. The zero-order chi connectivity index (χ0) is 10.5. The van der Waals surface area contributed by atoms with Gasteiger partial charge in [0.2, 0.25) is 0 Å². The Hall–Kier alpha value is -0.570.